The van der Waals surface area contributed by atoms with E-state index in [2.05, 4.69) is 10.4 Å². The Morgan fingerprint density at radius 1 is 1.50 bits per heavy atom. The summed E-state index contributed by atoms with van der Waals surface area (Å²) in [4.78, 5) is 11.9. The lowest BCUT2D eigenvalue weighted by Crippen LogP contribution is -2.37. The Morgan fingerprint density at radius 2 is 2.22 bits per heavy atom. The van der Waals surface area contributed by atoms with Crippen LogP contribution in [-0.2, 0) is 11.3 Å². The maximum atomic E-state index is 11.9. The fraction of sp³-hybridized carbons (Fsp3) is 0.692. The van der Waals surface area contributed by atoms with Gasteiger partial charge in [0.15, 0.2) is 0 Å². The number of hydrogen-bond donors (Lipinski definition) is 2. The van der Waals surface area contributed by atoms with Crippen molar-refractivity contribution in [1.29, 1.82) is 0 Å². The van der Waals surface area contributed by atoms with E-state index in [-0.39, 0.29) is 11.8 Å². The second-order valence-electron chi connectivity index (χ2n) is 5.18. The minimum atomic E-state index is 0.157. The zero-order valence-corrected chi connectivity index (χ0v) is 10.9. The molecule has 1 aromatic heterocycles. The van der Waals surface area contributed by atoms with Gasteiger partial charge in [0.1, 0.15) is 0 Å². The summed E-state index contributed by atoms with van der Waals surface area (Å²) in [6.07, 6.45) is 7.59. The lowest BCUT2D eigenvalue weighted by Gasteiger charge is -2.25. The number of nitrogens with zero attached hydrogens (tertiary/aromatic N) is 2. The van der Waals surface area contributed by atoms with Crippen molar-refractivity contribution in [2.45, 2.75) is 45.2 Å². The SMILES string of the molecule is Cc1cnn(CCNC(=O)C2CCC(N)CC2)c1. The van der Waals surface area contributed by atoms with Crippen LogP contribution in [0.5, 0.6) is 0 Å². The molecule has 1 heterocycles. The maximum Gasteiger partial charge on any atom is 0.223 e. The van der Waals surface area contributed by atoms with Crippen molar-refractivity contribution in [1.82, 2.24) is 15.1 Å². The molecule has 1 aliphatic rings. The van der Waals surface area contributed by atoms with Gasteiger partial charge < -0.3 is 11.1 Å². The molecule has 18 heavy (non-hydrogen) atoms. The molecule has 0 bridgehead atoms. The van der Waals surface area contributed by atoms with Crippen molar-refractivity contribution < 1.29 is 4.79 Å². The Balaban J connectivity index is 1.68. The zero-order valence-electron chi connectivity index (χ0n) is 10.9. The van der Waals surface area contributed by atoms with Crippen LogP contribution in [0.25, 0.3) is 0 Å². The molecule has 100 valence electrons. The molecule has 2 rings (SSSR count). The number of nitrogens with two attached hydrogens (primary N) is 1. The highest BCUT2D eigenvalue weighted by Gasteiger charge is 2.23. The highest BCUT2D eigenvalue weighted by molar-refractivity contribution is 5.78. The summed E-state index contributed by atoms with van der Waals surface area (Å²) >= 11 is 0. The van der Waals surface area contributed by atoms with Crippen LogP contribution in [0.3, 0.4) is 0 Å². The first-order chi connectivity index (χ1) is 8.65. The van der Waals surface area contributed by atoms with Gasteiger partial charge in [-0.1, -0.05) is 0 Å². The summed E-state index contributed by atoms with van der Waals surface area (Å²) in [5, 5.41) is 7.17. The summed E-state index contributed by atoms with van der Waals surface area (Å²) in [6.45, 7) is 3.38. The molecule has 1 saturated carbocycles. The average Bonchev–Trinajstić information content (AvgIpc) is 2.76. The van der Waals surface area contributed by atoms with E-state index >= 15 is 0 Å². The van der Waals surface area contributed by atoms with Crippen molar-refractivity contribution in [2.75, 3.05) is 6.54 Å². The van der Waals surface area contributed by atoms with Gasteiger partial charge in [-0.05, 0) is 38.2 Å². The molecule has 1 aromatic rings. The third kappa shape index (κ3) is 3.57. The smallest absolute Gasteiger partial charge is 0.223 e. The van der Waals surface area contributed by atoms with Crippen molar-refractivity contribution in [2.24, 2.45) is 11.7 Å². The lowest BCUT2D eigenvalue weighted by molar-refractivity contribution is -0.126. The Bertz CT molecular complexity index is 393. The number of aromatic nitrogens is 2. The molecular weight excluding hydrogens is 228 g/mol. The van der Waals surface area contributed by atoms with Crippen LogP contribution in [0.4, 0.5) is 0 Å². The van der Waals surface area contributed by atoms with Crippen molar-refractivity contribution in [3.63, 3.8) is 0 Å². The van der Waals surface area contributed by atoms with E-state index in [1.165, 1.54) is 0 Å². The number of amides is 1. The third-order valence-corrected chi connectivity index (χ3v) is 3.55. The summed E-state index contributed by atoms with van der Waals surface area (Å²) in [5.74, 6) is 0.329. The van der Waals surface area contributed by atoms with Gasteiger partial charge in [-0.15, -0.1) is 0 Å². The predicted molar refractivity (Wildman–Crippen MR) is 69.9 cm³/mol. The lowest BCUT2D eigenvalue weighted by atomic mass is 9.86. The molecule has 0 unspecified atom stereocenters. The Morgan fingerprint density at radius 3 is 2.83 bits per heavy atom. The zero-order chi connectivity index (χ0) is 13.0. The Labute approximate surface area is 108 Å². The number of hydrogen-bond acceptors (Lipinski definition) is 3. The molecule has 5 heteroatoms. The molecule has 0 aliphatic heterocycles. The molecule has 1 aliphatic carbocycles. The molecule has 1 amide bonds. The van der Waals surface area contributed by atoms with Gasteiger partial charge in [0.25, 0.3) is 0 Å². The van der Waals surface area contributed by atoms with E-state index in [0.717, 1.165) is 37.8 Å². The number of nitrogens with one attached hydrogen (secondary N) is 1. The second kappa shape index (κ2) is 6.00. The third-order valence-electron chi connectivity index (χ3n) is 3.55. The van der Waals surface area contributed by atoms with Gasteiger partial charge in [-0.25, -0.2) is 0 Å². The van der Waals surface area contributed by atoms with Crippen LogP contribution in [0.2, 0.25) is 0 Å². The van der Waals surface area contributed by atoms with E-state index in [1.807, 2.05) is 24.0 Å². The molecule has 0 atom stereocenters. The highest BCUT2D eigenvalue weighted by Crippen LogP contribution is 2.22. The molecule has 0 aromatic carbocycles. The van der Waals surface area contributed by atoms with Gasteiger partial charge in [-0.2, -0.15) is 5.10 Å². The summed E-state index contributed by atoms with van der Waals surface area (Å²) in [5.41, 5.74) is 6.97. The minimum absolute atomic E-state index is 0.157. The maximum absolute atomic E-state index is 11.9. The van der Waals surface area contributed by atoms with Gasteiger partial charge >= 0.3 is 0 Å². The monoisotopic (exact) mass is 250 g/mol. The van der Waals surface area contributed by atoms with Crippen LogP contribution in [-0.4, -0.2) is 28.3 Å². The standard InChI is InChI=1S/C13H22N4O/c1-10-8-16-17(9-10)7-6-15-13(18)11-2-4-12(14)5-3-11/h8-9,11-12H,2-7,14H2,1H3,(H,15,18). The number of carbonyl (C=O) groups excluding carboxylic acids is 1. The van der Waals surface area contributed by atoms with Crippen LogP contribution in [0.1, 0.15) is 31.2 Å². The van der Waals surface area contributed by atoms with E-state index in [0.29, 0.717) is 12.6 Å². The van der Waals surface area contributed by atoms with E-state index < -0.39 is 0 Å². The first kappa shape index (κ1) is 13.1. The summed E-state index contributed by atoms with van der Waals surface area (Å²) in [7, 11) is 0. The fourth-order valence-electron chi connectivity index (χ4n) is 2.41. The molecule has 0 spiro atoms. The first-order valence-electron chi connectivity index (χ1n) is 6.67. The van der Waals surface area contributed by atoms with Crippen LogP contribution in [0.15, 0.2) is 12.4 Å². The van der Waals surface area contributed by atoms with Crippen LogP contribution < -0.4 is 11.1 Å². The number of carbonyl (C=O) groups is 1. The first-order valence-corrected chi connectivity index (χ1v) is 6.67. The van der Waals surface area contributed by atoms with Gasteiger partial charge in [0.05, 0.1) is 12.7 Å². The average molecular weight is 250 g/mol. The number of aryl methyl sites for hydroxylation is 1. The fourth-order valence-corrected chi connectivity index (χ4v) is 2.41. The highest BCUT2D eigenvalue weighted by atomic mass is 16.1. The van der Waals surface area contributed by atoms with E-state index in [1.54, 1.807) is 0 Å². The van der Waals surface area contributed by atoms with Gasteiger partial charge in [-0.3, -0.25) is 9.48 Å². The van der Waals surface area contributed by atoms with Crippen LogP contribution in [0, 0.1) is 12.8 Å². The van der Waals surface area contributed by atoms with Crippen LogP contribution >= 0.6 is 0 Å². The summed E-state index contributed by atoms with van der Waals surface area (Å²) < 4.78 is 1.85. The van der Waals surface area contributed by atoms with E-state index in [9.17, 15) is 4.79 Å². The van der Waals surface area contributed by atoms with Crippen molar-refractivity contribution in [3.05, 3.63) is 18.0 Å². The van der Waals surface area contributed by atoms with Gasteiger partial charge in [0, 0.05) is 24.7 Å². The normalized spacial score (nSPS) is 23.9. The van der Waals surface area contributed by atoms with Crippen molar-refractivity contribution in [3.8, 4) is 0 Å². The molecule has 0 radical (unpaired) electrons. The predicted octanol–water partition coefficient (Wildman–Crippen LogP) is 0.825. The molecule has 0 saturated heterocycles. The van der Waals surface area contributed by atoms with Crippen molar-refractivity contribution >= 4 is 5.91 Å². The number of rotatable bonds is 4. The Hall–Kier alpha value is -1.36. The molecule has 5 nitrogen and oxygen atoms in total. The largest absolute Gasteiger partial charge is 0.354 e. The molecular formula is C13H22N4O. The van der Waals surface area contributed by atoms with Gasteiger partial charge in [0.2, 0.25) is 5.91 Å². The molecule has 1 fully saturated rings. The quantitative estimate of drug-likeness (QED) is 0.831. The summed E-state index contributed by atoms with van der Waals surface area (Å²) in [6, 6.07) is 0.293. The van der Waals surface area contributed by atoms with E-state index in [4.69, 9.17) is 5.73 Å². The molecule has 3 N–H and O–H groups in total. The minimum Gasteiger partial charge on any atom is -0.354 e. The Kier molecular flexibility index (Phi) is 4.36. The topological polar surface area (TPSA) is 72.9 Å². The second-order valence-corrected chi connectivity index (χ2v) is 5.18.